The van der Waals surface area contributed by atoms with Crippen LogP contribution in [0.3, 0.4) is 0 Å². The third kappa shape index (κ3) is 9.06. The predicted molar refractivity (Wildman–Crippen MR) is 160 cm³/mol. The molecule has 1 aliphatic carbocycles. The van der Waals surface area contributed by atoms with Gasteiger partial charge in [-0.1, -0.05) is 32.3 Å². The summed E-state index contributed by atoms with van der Waals surface area (Å²) in [5, 5.41) is 19.8. The number of phenols is 1. The van der Waals surface area contributed by atoms with E-state index >= 15 is 0 Å². The third-order valence-corrected chi connectivity index (χ3v) is 9.60. The first-order valence-corrected chi connectivity index (χ1v) is 15.5. The number of ether oxygens (including phenoxy) is 3. The van der Waals surface area contributed by atoms with E-state index in [-0.39, 0.29) is 29.2 Å². The van der Waals surface area contributed by atoms with Gasteiger partial charge >= 0.3 is 11.9 Å². The van der Waals surface area contributed by atoms with Crippen molar-refractivity contribution in [2.24, 2.45) is 10.8 Å². The maximum atomic E-state index is 13.5. The molecule has 0 unspecified atom stereocenters. The van der Waals surface area contributed by atoms with Gasteiger partial charge < -0.3 is 35.3 Å². The molecule has 0 spiro atoms. The summed E-state index contributed by atoms with van der Waals surface area (Å²) in [4.78, 5) is 25.8. The molecule has 41 heavy (non-hydrogen) atoms. The quantitative estimate of drug-likeness (QED) is 0.216. The fraction of sp³-hybridized carbons (Fsp3) is 0.750. The Morgan fingerprint density at radius 2 is 1.80 bits per heavy atom. The van der Waals surface area contributed by atoms with E-state index in [0.29, 0.717) is 30.6 Å². The van der Waals surface area contributed by atoms with Gasteiger partial charge in [-0.15, -0.1) is 0 Å². The average Bonchev–Trinajstić information content (AvgIpc) is 3.45. The summed E-state index contributed by atoms with van der Waals surface area (Å²) in [7, 11) is 5.11. The minimum Gasteiger partial charge on any atom is -0.504 e. The van der Waals surface area contributed by atoms with Gasteiger partial charge in [-0.05, 0) is 95.2 Å². The first kappa shape index (κ1) is 33.1. The monoisotopic (exact) mass is 575 g/mol. The van der Waals surface area contributed by atoms with Crippen molar-refractivity contribution < 1.29 is 28.9 Å². The Morgan fingerprint density at radius 3 is 2.39 bits per heavy atom. The van der Waals surface area contributed by atoms with E-state index in [0.717, 1.165) is 50.8 Å². The van der Waals surface area contributed by atoms with Crippen LogP contribution in [0.15, 0.2) is 18.2 Å². The second-order valence-corrected chi connectivity index (χ2v) is 12.2. The molecular weight excluding hydrogens is 522 g/mol. The van der Waals surface area contributed by atoms with Gasteiger partial charge in [0.05, 0.1) is 7.11 Å². The molecular formula is C32H53N3O6. The molecule has 2 aliphatic rings. The number of nitrogens with one attached hydrogen (secondary N) is 3. The minimum atomic E-state index is -0.496. The number of benzene rings is 1. The zero-order valence-corrected chi connectivity index (χ0v) is 25.9. The van der Waals surface area contributed by atoms with Crippen LogP contribution in [-0.4, -0.2) is 76.1 Å². The van der Waals surface area contributed by atoms with Crippen LogP contribution in [-0.2, 0) is 25.5 Å². The maximum absolute atomic E-state index is 13.5. The Bertz CT molecular complexity index is 974. The molecule has 1 aromatic rings. The summed E-state index contributed by atoms with van der Waals surface area (Å²) in [6.07, 6.45) is 9.76. The number of likely N-dealkylation sites (N-methyl/N-ethyl adjacent to an activating group) is 2. The molecule has 3 rings (SSSR count). The Hall–Kier alpha value is -2.36. The zero-order valence-electron chi connectivity index (χ0n) is 25.9. The number of carbonyl (C=O) groups excluding carboxylic acids is 2. The van der Waals surface area contributed by atoms with Gasteiger partial charge in [0.2, 0.25) is 0 Å². The van der Waals surface area contributed by atoms with Crippen LogP contribution in [0, 0.1) is 10.8 Å². The van der Waals surface area contributed by atoms with E-state index in [1.165, 1.54) is 32.6 Å². The number of carbonyl (C=O) groups is 2. The average molecular weight is 576 g/mol. The maximum Gasteiger partial charge on any atom is 0.324 e. The molecule has 1 heterocycles. The number of hydrogen-bond acceptors (Lipinski definition) is 9. The van der Waals surface area contributed by atoms with Gasteiger partial charge in [0.15, 0.2) is 11.5 Å². The predicted octanol–water partition coefficient (Wildman–Crippen LogP) is 4.10. The number of phenolic OH excluding ortho intramolecular Hbond substituents is 1. The van der Waals surface area contributed by atoms with E-state index in [4.69, 9.17) is 14.2 Å². The molecule has 0 bridgehead atoms. The van der Waals surface area contributed by atoms with Crippen LogP contribution in [0.25, 0.3) is 0 Å². The van der Waals surface area contributed by atoms with Crippen molar-refractivity contribution >= 4 is 11.9 Å². The Kier molecular flexibility index (Phi) is 12.7. The molecule has 1 aliphatic heterocycles. The number of esters is 2. The molecule has 0 aromatic heterocycles. The van der Waals surface area contributed by atoms with E-state index in [1.54, 1.807) is 20.2 Å². The molecule has 1 saturated heterocycles. The summed E-state index contributed by atoms with van der Waals surface area (Å²) in [6, 6.07) is 4.93. The Labute approximate surface area is 246 Å². The van der Waals surface area contributed by atoms with Crippen LogP contribution in [0.5, 0.6) is 11.5 Å². The lowest BCUT2D eigenvalue weighted by atomic mass is 9.68. The highest BCUT2D eigenvalue weighted by molar-refractivity contribution is 5.76. The standard InChI is InChI=1S/C32H53N3O6/c1-6-31(12-7-8-13-31)14-11-25(40-23(2)36)20-29(41-30(38)26(34-4)22-33-3)32(15-17-35-18-16-32)21-24-9-10-27(37)28(19-24)39-5/h9-10,19,25-26,29,33-35,37H,6-8,11-18,20-22H2,1-5H3/t25-,26+,29-/m1/s1. The molecule has 232 valence electrons. The van der Waals surface area contributed by atoms with Crippen molar-refractivity contribution in [1.82, 2.24) is 16.0 Å². The third-order valence-electron chi connectivity index (χ3n) is 9.60. The fourth-order valence-electron chi connectivity index (χ4n) is 7.00. The van der Waals surface area contributed by atoms with Crippen LogP contribution >= 0.6 is 0 Å². The molecule has 9 nitrogen and oxygen atoms in total. The first-order chi connectivity index (χ1) is 19.7. The van der Waals surface area contributed by atoms with Gasteiger partial charge in [-0.25, -0.2) is 0 Å². The lowest BCUT2D eigenvalue weighted by Gasteiger charge is -2.45. The number of hydrogen-bond donors (Lipinski definition) is 4. The molecule has 1 aromatic carbocycles. The van der Waals surface area contributed by atoms with Crippen LogP contribution in [0.1, 0.15) is 83.6 Å². The molecule has 4 N–H and O–H groups in total. The van der Waals surface area contributed by atoms with Crippen molar-refractivity contribution in [2.75, 3.05) is 40.8 Å². The molecule has 0 amide bonds. The summed E-state index contributed by atoms with van der Waals surface area (Å²) in [5.74, 6) is -0.101. The van der Waals surface area contributed by atoms with Crippen molar-refractivity contribution in [3.05, 3.63) is 23.8 Å². The molecule has 0 radical (unpaired) electrons. The minimum absolute atomic E-state index is 0.0919. The number of aromatic hydroxyl groups is 1. The van der Waals surface area contributed by atoms with E-state index in [2.05, 4.69) is 22.9 Å². The van der Waals surface area contributed by atoms with Crippen molar-refractivity contribution in [2.45, 2.75) is 103 Å². The molecule has 9 heteroatoms. The summed E-state index contributed by atoms with van der Waals surface area (Å²) in [6.45, 7) is 5.77. The van der Waals surface area contributed by atoms with Gasteiger partial charge in [0, 0.05) is 25.3 Å². The lowest BCUT2D eigenvalue weighted by Crippen LogP contribution is -2.52. The van der Waals surface area contributed by atoms with Gasteiger partial charge in [0.25, 0.3) is 0 Å². The SMILES string of the molecule is CCC1(CC[C@H](C[C@@H](OC(=O)[C@H](CNC)NC)C2(Cc3ccc(O)c(OC)c3)CCNCC2)OC(C)=O)CCCC1. The van der Waals surface area contributed by atoms with E-state index < -0.39 is 12.1 Å². The normalized spacial score (nSPS) is 20.1. The molecule has 2 fully saturated rings. The Balaban J connectivity index is 1.95. The van der Waals surface area contributed by atoms with Gasteiger partial charge in [-0.2, -0.15) is 0 Å². The smallest absolute Gasteiger partial charge is 0.324 e. The summed E-state index contributed by atoms with van der Waals surface area (Å²) < 4.78 is 17.8. The van der Waals surface area contributed by atoms with Gasteiger partial charge in [-0.3, -0.25) is 9.59 Å². The number of piperidine rings is 1. The fourth-order valence-corrected chi connectivity index (χ4v) is 7.00. The van der Waals surface area contributed by atoms with Crippen LogP contribution in [0.2, 0.25) is 0 Å². The van der Waals surface area contributed by atoms with Crippen molar-refractivity contribution in [3.8, 4) is 11.5 Å². The topological polar surface area (TPSA) is 118 Å². The lowest BCUT2D eigenvalue weighted by molar-refractivity contribution is -0.166. The van der Waals surface area contributed by atoms with E-state index in [1.807, 2.05) is 19.2 Å². The second kappa shape index (κ2) is 15.8. The molecule has 3 atom stereocenters. The Morgan fingerprint density at radius 1 is 1.10 bits per heavy atom. The highest BCUT2D eigenvalue weighted by Gasteiger charge is 2.45. The summed E-state index contributed by atoms with van der Waals surface area (Å²) in [5.41, 5.74) is 0.932. The largest absolute Gasteiger partial charge is 0.504 e. The van der Waals surface area contributed by atoms with Gasteiger partial charge in [0.1, 0.15) is 18.2 Å². The highest BCUT2D eigenvalue weighted by atomic mass is 16.6. The number of rotatable bonds is 16. The zero-order chi connectivity index (χ0) is 29.9. The summed E-state index contributed by atoms with van der Waals surface area (Å²) >= 11 is 0. The first-order valence-electron chi connectivity index (χ1n) is 15.5. The van der Waals surface area contributed by atoms with Crippen molar-refractivity contribution in [1.29, 1.82) is 0 Å². The van der Waals surface area contributed by atoms with Crippen LogP contribution in [0.4, 0.5) is 0 Å². The second-order valence-electron chi connectivity index (χ2n) is 12.2. The van der Waals surface area contributed by atoms with Crippen molar-refractivity contribution in [3.63, 3.8) is 0 Å². The van der Waals surface area contributed by atoms with Crippen LogP contribution < -0.4 is 20.7 Å². The molecule has 1 saturated carbocycles. The highest BCUT2D eigenvalue weighted by Crippen LogP contribution is 2.46. The number of methoxy groups -OCH3 is 1. The van der Waals surface area contributed by atoms with E-state index in [9.17, 15) is 14.7 Å².